The van der Waals surface area contributed by atoms with Crippen LogP contribution >= 0.6 is 50.5 Å². The van der Waals surface area contributed by atoms with Crippen LogP contribution in [-0.2, 0) is 0 Å². The Bertz CT molecular complexity index is 616. The number of benzene rings is 1. The fourth-order valence-corrected chi connectivity index (χ4v) is 4.03. The molecule has 1 aromatic carbocycles. The molecule has 0 aliphatic heterocycles. The Morgan fingerprint density at radius 2 is 1.76 bits per heavy atom. The van der Waals surface area contributed by atoms with Crippen molar-refractivity contribution in [3.8, 4) is 11.5 Å². The van der Waals surface area contributed by atoms with E-state index in [9.17, 15) is 0 Å². The lowest BCUT2D eigenvalue weighted by Gasteiger charge is -2.16. The van der Waals surface area contributed by atoms with Crippen LogP contribution in [0.2, 0.25) is 4.34 Å². The van der Waals surface area contributed by atoms with E-state index in [2.05, 4.69) is 15.9 Å². The fourth-order valence-electron chi connectivity index (χ4n) is 1.90. The quantitative estimate of drug-likeness (QED) is 0.522. The van der Waals surface area contributed by atoms with E-state index in [0.29, 0.717) is 24.7 Å². The highest BCUT2D eigenvalue weighted by Gasteiger charge is 2.19. The predicted octanol–water partition coefficient (Wildman–Crippen LogP) is 6.29. The zero-order valence-electron chi connectivity index (χ0n) is 11.7. The maximum atomic E-state index is 6.58. The second kappa shape index (κ2) is 7.73. The summed E-state index contributed by atoms with van der Waals surface area (Å²) >= 11 is 17.6. The van der Waals surface area contributed by atoms with Crippen LogP contribution in [0.3, 0.4) is 0 Å². The summed E-state index contributed by atoms with van der Waals surface area (Å²) in [6.07, 6.45) is 0. The molecule has 0 amide bonds. The molecule has 1 atom stereocenters. The van der Waals surface area contributed by atoms with Crippen molar-refractivity contribution in [2.75, 3.05) is 13.2 Å². The van der Waals surface area contributed by atoms with Gasteiger partial charge in [-0.15, -0.1) is 22.9 Å². The average molecular weight is 410 g/mol. The molecule has 1 heterocycles. The van der Waals surface area contributed by atoms with Crippen molar-refractivity contribution in [2.24, 2.45) is 0 Å². The topological polar surface area (TPSA) is 18.5 Å². The number of hydrogen-bond acceptors (Lipinski definition) is 3. The van der Waals surface area contributed by atoms with E-state index < -0.39 is 0 Å². The molecule has 6 heteroatoms. The average Bonchev–Trinajstić information content (AvgIpc) is 2.88. The molecule has 0 aliphatic rings. The van der Waals surface area contributed by atoms with Gasteiger partial charge in [0.1, 0.15) is 0 Å². The van der Waals surface area contributed by atoms with Gasteiger partial charge in [-0.1, -0.05) is 27.5 Å². The molecule has 114 valence electrons. The van der Waals surface area contributed by atoms with Crippen molar-refractivity contribution in [2.45, 2.75) is 19.2 Å². The Balaban J connectivity index is 2.40. The molecule has 2 rings (SSSR count). The first-order valence-corrected chi connectivity index (χ1v) is 8.97. The second-order valence-corrected chi connectivity index (χ2v) is 7.23. The van der Waals surface area contributed by atoms with Gasteiger partial charge < -0.3 is 9.47 Å². The standard InChI is InChI=1S/C15H15BrCl2O2S/c1-3-19-11-7-9(10(16)8-12(11)20-4-2)15(18)13-5-6-14(17)21-13/h5-8,15H,3-4H2,1-2H3. The summed E-state index contributed by atoms with van der Waals surface area (Å²) in [6.45, 7) is 5.03. The molecule has 0 N–H and O–H groups in total. The van der Waals surface area contributed by atoms with Crippen LogP contribution in [0, 0.1) is 0 Å². The van der Waals surface area contributed by atoms with Crippen LogP contribution in [0.1, 0.15) is 29.7 Å². The van der Waals surface area contributed by atoms with Crippen molar-refractivity contribution in [1.82, 2.24) is 0 Å². The highest BCUT2D eigenvalue weighted by atomic mass is 79.9. The number of alkyl halides is 1. The fraction of sp³-hybridized carbons (Fsp3) is 0.333. The van der Waals surface area contributed by atoms with Gasteiger partial charge in [0.25, 0.3) is 0 Å². The smallest absolute Gasteiger partial charge is 0.162 e. The van der Waals surface area contributed by atoms with Gasteiger partial charge in [-0.25, -0.2) is 0 Å². The predicted molar refractivity (Wildman–Crippen MR) is 93.5 cm³/mol. The largest absolute Gasteiger partial charge is 0.490 e. The Labute approximate surface area is 147 Å². The summed E-state index contributed by atoms with van der Waals surface area (Å²) in [5.74, 6) is 1.41. The third kappa shape index (κ3) is 4.07. The first-order valence-electron chi connectivity index (χ1n) is 6.55. The molecule has 0 fully saturated rings. The number of ether oxygens (including phenoxy) is 2. The van der Waals surface area contributed by atoms with Gasteiger partial charge >= 0.3 is 0 Å². The van der Waals surface area contributed by atoms with Crippen molar-refractivity contribution < 1.29 is 9.47 Å². The molecule has 1 aromatic heterocycles. The zero-order valence-corrected chi connectivity index (χ0v) is 15.6. The lowest BCUT2D eigenvalue weighted by atomic mass is 10.1. The van der Waals surface area contributed by atoms with E-state index in [1.54, 1.807) is 0 Å². The van der Waals surface area contributed by atoms with Crippen LogP contribution in [0.4, 0.5) is 0 Å². The van der Waals surface area contributed by atoms with Gasteiger partial charge in [0.15, 0.2) is 11.5 Å². The number of hydrogen-bond donors (Lipinski definition) is 0. The lowest BCUT2D eigenvalue weighted by Crippen LogP contribution is -2.01. The minimum absolute atomic E-state index is 0.285. The monoisotopic (exact) mass is 408 g/mol. The molecule has 2 nitrogen and oxygen atoms in total. The summed E-state index contributed by atoms with van der Waals surface area (Å²) in [4.78, 5) is 0.994. The Morgan fingerprint density at radius 3 is 2.29 bits per heavy atom. The first-order chi connectivity index (χ1) is 10.1. The van der Waals surface area contributed by atoms with E-state index in [1.807, 2.05) is 38.1 Å². The highest BCUT2D eigenvalue weighted by molar-refractivity contribution is 9.10. The van der Waals surface area contributed by atoms with Crippen molar-refractivity contribution in [1.29, 1.82) is 0 Å². The van der Waals surface area contributed by atoms with E-state index >= 15 is 0 Å². The minimum Gasteiger partial charge on any atom is -0.490 e. The van der Waals surface area contributed by atoms with E-state index in [4.69, 9.17) is 32.7 Å². The summed E-state index contributed by atoms with van der Waals surface area (Å²) in [6, 6.07) is 7.61. The molecule has 0 bridgehead atoms. The molecule has 0 aliphatic carbocycles. The third-order valence-corrected chi connectivity index (χ3v) is 5.36. The highest BCUT2D eigenvalue weighted by Crippen LogP contribution is 2.43. The lowest BCUT2D eigenvalue weighted by molar-refractivity contribution is 0.287. The molecule has 21 heavy (non-hydrogen) atoms. The van der Waals surface area contributed by atoms with Gasteiger partial charge in [0, 0.05) is 9.35 Å². The third-order valence-electron chi connectivity index (χ3n) is 2.78. The molecule has 0 saturated heterocycles. The molecule has 2 aromatic rings. The van der Waals surface area contributed by atoms with Crippen molar-refractivity contribution in [3.63, 3.8) is 0 Å². The summed E-state index contributed by atoms with van der Waals surface area (Å²) in [7, 11) is 0. The van der Waals surface area contributed by atoms with E-state index in [-0.39, 0.29) is 5.38 Å². The van der Waals surface area contributed by atoms with Crippen LogP contribution < -0.4 is 9.47 Å². The van der Waals surface area contributed by atoms with Crippen molar-refractivity contribution >= 4 is 50.5 Å². The first kappa shape index (κ1) is 16.9. The van der Waals surface area contributed by atoms with E-state index in [1.165, 1.54) is 11.3 Å². The van der Waals surface area contributed by atoms with Gasteiger partial charge in [0.2, 0.25) is 0 Å². The van der Waals surface area contributed by atoms with E-state index in [0.717, 1.165) is 19.2 Å². The molecule has 0 saturated carbocycles. The maximum absolute atomic E-state index is 6.58. The zero-order chi connectivity index (χ0) is 15.4. The molecular weight excluding hydrogens is 395 g/mol. The van der Waals surface area contributed by atoms with Crippen LogP contribution in [0.25, 0.3) is 0 Å². The second-order valence-electron chi connectivity index (χ2n) is 4.19. The van der Waals surface area contributed by atoms with Crippen LogP contribution in [0.15, 0.2) is 28.7 Å². The molecular formula is C15H15BrCl2O2S. The summed E-state index contributed by atoms with van der Waals surface area (Å²) in [5, 5.41) is -0.285. The summed E-state index contributed by atoms with van der Waals surface area (Å²) < 4.78 is 12.9. The van der Waals surface area contributed by atoms with Gasteiger partial charge in [-0.3, -0.25) is 0 Å². The molecule has 0 radical (unpaired) electrons. The summed E-state index contributed by atoms with van der Waals surface area (Å²) in [5.41, 5.74) is 0.932. The number of rotatable bonds is 6. The Morgan fingerprint density at radius 1 is 1.14 bits per heavy atom. The maximum Gasteiger partial charge on any atom is 0.162 e. The Hall–Kier alpha value is -0.420. The minimum atomic E-state index is -0.285. The van der Waals surface area contributed by atoms with Crippen LogP contribution in [0.5, 0.6) is 11.5 Å². The number of thiophene rings is 1. The molecule has 0 spiro atoms. The molecule has 1 unspecified atom stereocenters. The number of halogens is 3. The van der Waals surface area contributed by atoms with Gasteiger partial charge in [-0.2, -0.15) is 0 Å². The van der Waals surface area contributed by atoms with Gasteiger partial charge in [-0.05, 0) is 43.7 Å². The van der Waals surface area contributed by atoms with Crippen LogP contribution in [-0.4, -0.2) is 13.2 Å². The normalized spacial score (nSPS) is 12.2. The van der Waals surface area contributed by atoms with Crippen molar-refractivity contribution in [3.05, 3.63) is 43.5 Å². The Kier molecular flexibility index (Phi) is 6.23. The van der Waals surface area contributed by atoms with Gasteiger partial charge in [0.05, 0.1) is 22.9 Å². The SMILES string of the molecule is CCOc1cc(Br)c(C(Cl)c2ccc(Cl)s2)cc1OCC.